The van der Waals surface area contributed by atoms with Gasteiger partial charge in [-0.15, -0.1) is 0 Å². The largest absolute Gasteiger partial charge is 0.476 e. The van der Waals surface area contributed by atoms with Crippen molar-refractivity contribution in [1.29, 1.82) is 0 Å². The van der Waals surface area contributed by atoms with Gasteiger partial charge < -0.3 is 10.4 Å². The first-order valence-corrected chi connectivity index (χ1v) is 7.29. The summed E-state index contributed by atoms with van der Waals surface area (Å²) in [6.07, 6.45) is -0.235. The Bertz CT molecular complexity index is 942. The lowest BCUT2D eigenvalue weighted by Gasteiger charge is -2.17. The van der Waals surface area contributed by atoms with Gasteiger partial charge in [0.15, 0.2) is 5.69 Å². The molecule has 1 atom stereocenters. The number of imidazole rings is 1. The summed E-state index contributed by atoms with van der Waals surface area (Å²) >= 11 is 0. The molecule has 0 bridgehead atoms. The molecule has 3 aromatic rings. The van der Waals surface area contributed by atoms with Gasteiger partial charge in [-0.1, -0.05) is 18.2 Å². The van der Waals surface area contributed by atoms with Crippen LogP contribution in [0.5, 0.6) is 0 Å². The van der Waals surface area contributed by atoms with Gasteiger partial charge >= 0.3 is 5.97 Å². The number of anilines is 1. The molecule has 3 rings (SSSR count). The highest BCUT2D eigenvalue weighted by Gasteiger charge is 2.20. The first-order valence-electron chi connectivity index (χ1n) is 7.29. The van der Waals surface area contributed by atoms with Crippen LogP contribution in [-0.4, -0.2) is 25.4 Å². The molecule has 0 radical (unpaired) electrons. The van der Waals surface area contributed by atoms with Gasteiger partial charge in [0.05, 0.1) is 11.6 Å². The number of carboxylic acid groups (broad SMARTS) is 1. The van der Waals surface area contributed by atoms with E-state index in [1.54, 1.807) is 6.92 Å². The van der Waals surface area contributed by atoms with E-state index in [-0.39, 0.29) is 17.2 Å². The topological polar surface area (TPSA) is 79.5 Å². The second-order valence-corrected chi connectivity index (χ2v) is 5.35. The number of aromatic carboxylic acids is 1. The Hall–Kier alpha value is -3.10. The Morgan fingerprint density at radius 3 is 2.68 bits per heavy atom. The molecule has 2 heterocycles. The number of aromatic nitrogens is 3. The molecule has 0 saturated heterocycles. The lowest BCUT2D eigenvalue weighted by molar-refractivity contribution is 0.0691. The van der Waals surface area contributed by atoms with Crippen molar-refractivity contribution in [3.8, 4) is 0 Å². The molecule has 0 aliphatic heterocycles. The highest BCUT2D eigenvalue weighted by Crippen LogP contribution is 2.28. The maximum absolute atomic E-state index is 14.3. The Kier molecular flexibility index (Phi) is 4.30. The molecule has 6 nitrogen and oxygen atoms in total. The number of alkyl halides is 2. The normalized spacial score (nSPS) is 12.5. The fourth-order valence-electron chi connectivity index (χ4n) is 2.47. The van der Waals surface area contributed by atoms with Crippen molar-refractivity contribution in [2.45, 2.75) is 19.4 Å². The second kappa shape index (κ2) is 6.42. The molecule has 0 aliphatic carbocycles. The SMILES string of the molecule is C[C@@H](Nc1nccc2nc(C(=O)O)cn12)c1cccc(C(F)F)c1F. The van der Waals surface area contributed by atoms with E-state index in [4.69, 9.17) is 5.11 Å². The molecule has 2 N–H and O–H groups in total. The zero-order valence-electron chi connectivity index (χ0n) is 12.9. The number of benzene rings is 1. The van der Waals surface area contributed by atoms with E-state index in [2.05, 4.69) is 15.3 Å². The van der Waals surface area contributed by atoms with Crippen LogP contribution in [-0.2, 0) is 0 Å². The van der Waals surface area contributed by atoms with Gasteiger partial charge in [0.2, 0.25) is 5.95 Å². The predicted octanol–water partition coefficient (Wildman–Crippen LogP) is 3.68. The number of nitrogens with one attached hydrogen (secondary N) is 1. The van der Waals surface area contributed by atoms with Crippen molar-refractivity contribution in [3.05, 3.63) is 59.3 Å². The van der Waals surface area contributed by atoms with E-state index >= 15 is 0 Å². The van der Waals surface area contributed by atoms with E-state index in [0.29, 0.717) is 5.65 Å². The summed E-state index contributed by atoms with van der Waals surface area (Å²) in [5.74, 6) is -1.97. The highest BCUT2D eigenvalue weighted by molar-refractivity contribution is 5.86. The number of halogens is 3. The zero-order valence-corrected chi connectivity index (χ0v) is 12.9. The molecule has 0 amide bonds. The molecule has 0 fully saturated rings. The van der Waals surface area contributed by atoms with E-state index < -0.39 is 29.8 Å². The monoisotopic (exact) mass is 350 g/mol. The van der Waals surface area contributed by atoms with E-state index in [9.17, 15) is 18.0 Å². The van der Waals surface area contributed by atoms with Gasteiger partial charge in [-0.25, -0.2) is 27.9 Å². The average Bonchev–Trinajstić information content (AvgIpc) is 3.00. The van der Waals surface area contributed by atoms with Gasteiger partial charge in [0.25, 0.3) is 6.43 Å². The summed E-state index contributed by atoms with van der Waals surface area (Å²) in [5, 5.41) is 11.9. The quantitative estimate of drug-likeness (QED) is 0.734. The Labute approximate surface area is 140 Å². The molecular formula is C16H13F3N4O2. The smallest absolute Gasteiger partial charge is 0.356 e. The predicted molar refractivity (Wildman–Crippen MR) is 83.3 cm³/mol. The average molecular weight is 350 g/mol. The van der Waals surface area contributed by atoms with Gasteiger partial charge in [-0.2, -0.15) is 0 Å². The summed E-state index contributed by atoms with van der Waals surface area (Å²) in [7, 11) is 0. The van der Waals surface area contributed by atoms with Crippen molar-refractivity contribution in [2.75, 3.05) is 5.32 Å². The minimum absolute atomic E-state index is 0.0511. The molecule has 1 aromatic carbocycles. The highest BCUT2D eigenvalue weighted by atomic mass is 19.3. The molecule has 0 aliphatic rings. The summed E-state index contributed by atoms with van der Waals surface area (Å²) in [4.78, 5) is 19.0. The summed E-state index contributed by atoms with van der Waals surface area (Å²) < 4.78 is 41.3. The van der Waals surface area contributed by atoms with Crippen molar-refractivity contribution < 1.29 is 23.1 Å². The first kappa shape index (κ1) is 16.7. The molecule has 0 spiro atoms. The number of carbonyl (C=O) groups is 1. The van der Waals surface area contributed by atoms with Crippen LogP contribution in [0.15, 0.2) is 36.7 Å². The van der Waals surface area contributed by atoms with Gasteiger partial charge in [0.1, 0.15) is 11.5 Å². The van der Waals surface area contributed by atoms with Gasteiger partial charge in [-0.3, -0.25) is 4.40 Å². The third-order valence-corrected chi connectivity index (χ3v) is 3.71. The van der Waals surface area contributed by atoms with Crippen molar-refractivity contribution in [2.24, 2.45) is 0 Å². The van der Waals surface area contributed by atoms with Crippen LogP contribution < -0.4 is 5.32 Å². The summed E-state index contributed by atoms with van der Waals surface area (Å²) in [5.41, 5.74) is -0.457. The number of carboxylic acids is 1. The Morgan fingerprint density at radius 2 is 2.00 bits per heavy atom. The Morgan fingerprint density at radius 1 is 1.28 bits per heavy atom. The zero-order chi connectivity index (χ0) is 18.1. The van der Waals surface area contributed by atoms with Crippen LogP contribution in [0, 0.1) is 5.82 Å². The van der Waals surface area contributed by atoms with Crippen LogP contribution in [0.3, 0.4) is 0 Å². The van der Waals surface area contributed by atoms with Crippen molar-refractivity contribution in [1.82, 2.24) is 14.4 Å². The second-order valence-electron chi connectivity index (χ2n) is 5.35. The minimum Gasteiger partial charge on any atom is -0.476 e. The number of hydrogen-bond donors (Lipinski definition) is 2. The van der Waals surface area contributed by atoms with Gasteiger partial charge in [0, 0.05) is 18.0 Å². The van der Waals surface area contributed by atoms with E-state index in [1.165, 1.54) is 35.0 Å². The molecule has 2 aromatic heterocycles. The lowest BCUT2D eigenvalue weighted by atomic mass is 10.0. The lowest BCUT2D eigenvalue weighted by Crippen LogP contribution is -2.13. The first-order chi connectivity index (χ1) is 11.9. The van der Waals surface area contributed by atoms with Crippen molar-refractivity contribution >= 4 is 17.6 Å². The van der Waals surface area contributed by atoms with Crippen LogP contribution in [0.25, 0.3) is 5.65 Å². The standard InChI is InChI=1S/C16H13F3N4O2/c1-8(9-3-2-4-10(13(9)17)14(18)19)21-16-20-6-5-12-22-11(15(24)25)7-23(12)16/h2-8,14H,1H3,(H,20,21)(H,24,25)/t8-/m1/s1. The fraction of sp³-hybridized carbons (Fsp3) is 0.188. The third kappa shape index (κ3) is 3.12. The van der Waals surface area contributed by atoms with Crippen LogP contribution in [0.2, 0.25) is 0 Å². The third-order valence-electron chi connectivity index (χ3n) is 3.71. The fourth-order valence-corrected chi connectivity index (χ4v) is 2.47. The van der Waals surface area contributed by atoms with Crippen LogP contribution in [0.4, 0.5) is 19.1 Å². The molecule has 0 unspecified atom stereocenters. The summed E-state index contributed by atoms with van der Waals surface area (Å²) in [6, 6.07) is 4.61. The Balaban J connectivity index is 1.96. The van der Waals surface area contributed by atoms with E-state index in [1.807, 2.05) is 0 Å². The molecule has 25 heavy (non-hydrogen) atoms. The minimum atomic E-state index is -2.92. The maximum Gasteiger partial charge on any atom is 0.356 e. The summed E-state index contributed by atoms with van der Waals surface area (Å²) in [6.45, 7) is 1.59. The number of fused-ring (bicyclic) bond motifs is 1. The van der Waals surface area contributed by atoms with Crippen LogP contribution in [0.1, 0.15) is 41.0 Å². The molecule has 130 valence electrons. The molecule has 0 saturated carbocycles. The van der Waals surface area contributed by atoms with Crippen molar-refractivity contribution in [3.63, 3.8) is 0 Å². The molecule has 9 heteroatoms. The maximum atomic E-state index is 14.3. The van der Waals surface area contributed by atoms with E-state index in [0.717, 1.165) is 6.07 Å². The number of nitrogens with zero attached hydrogens (tertiary/aromatic N) is 3. The van der Waals surface area contributed by atoms with Crippen LogP contribution >= 0.6 is 0 Å². The van der Waals surface area contributed by atoms with Gasteiger partial charge in [-0.05, 0) is 13.0 Å². The number of rotatable bonds is 5. The number of hydrogen-bond acceptors (Lipinski definition) is 4. The molecular weight excluding hydrogens is 337 g/mol.